The summed E-state index contributed by atoms with van der Waals surface area (Å²) < 4.78 is 0. The Hall–Kier alpha value is -2.45. The molecule has 0 bridgehead atoms. The van der Waals surface area contributed by atoms with Gasteiger partial charge in [0.15, 0.2) is 0 Å². The van der Waals surface area contributed by atoms with E-state index in [1.807, 2.05) is 39.0 Å². The topological polar surface area (TPSA) is 84.0 Å². The van der Waals surface area contributed by atoms with Crippen LogP contribution in [0, 0.1) is 13.8 Å². The summed E-state index contributed by atoms with van der Waals surface area (Å²) in [5.41, 5.74) is 4.14. The maximum atomic E-state index is 12.6. The molecule has 0 saturated heterocycles. The van der Waals surface area contributed by atoms with Crippen molar-refractivity contribution in [3.63, 3.8) is 0 Å². The number of hydrogen-bond acceptors (Lipinski definition) is 6. The molecule has 0 aliphatic heterocycles. The van der Waals surface area contributed by atoms with Crippen LogP contribution in [0.1, 0.15) is 34.9 Å². The van der Waals surface area contributed by atoms with E-state index in [4.69, 9.17) is 0 Å². The van der Waals surface area contributed by atoms with Crippen LogP contribution in [0.4, 0.5) is 5.69 Å². The number of fused-ring (bicyclic) bond motifs is 3. The number of para-hydroxylation sites is 1. The average Bonchev–Trinajstić information content (AvgIpc) is 3.30. The molecule has 6 nitrogen and oxygen atoms in total. The summed E-state index contributed by atoms with van der Waals surface area (Å²) in [5, 5.41) is 7.22. The summed E-state index contributed by atoms with van der Waals surface area (Å²) in [6.07, 6.45) is 4.89. The van der Waals surface area contributed by atoms with Gasteiger partial charge in [0.05, 0.1) is 11.8 Å². The number of thioether (sulfide) groups is 1. The van der Waals surface area contributed by atoms with Crippen molar-refractivity contribution in [1.29, 1.82) is 0 Å². The molecule has 2 N–H and O–H groups in total. The lowest BCUT2D eigenvalue weighted by atomic mass is 10.1. The maximum absolute atomic E-state index is 12.6. The van der Waals surface area contributed by atoms with Crippen LogP contribution >= 0.6 is 23.1 Å². The van der Waals surface area contributed by atoms with E-state index in [9.17, 15) is 9.59 Å². The van der Waals surface area contributed by atoms with Crippen molar-refractivity contribution in [2.24, 2.45) is 0 Å². The zero-order valence-corrected chi connectivity index (χ0v) is 18.9. The first-order valence-electron chi connectivity index (χ1n) is 9.99. The highest BCUT2D eigenvalue weighted by atomic mass is 32.2. The minimum Gasteiger partial charge on any atom is -0.346 e. The predicted molar refractivity (Wildman–Crippen MR) is 122 cm³/mol. The molecule has 1 unspecified atom stereocenters. The highest BCUT2D eigenvalue weighted by Gasteiger charge is 2.24. The molecular weight excluding hydrogens is 416 g/mol. The van der Waals surface area contributed by atoms with E-state index >= 15 is 0 Å². The lowest BCUT2D eigenvalue weighted by Crippen LogP contribution is -2.37. The van der Waals surface area contributed by atoms with Crippen LogP contribution in [0.15, 0.2) is 29.6 Å². The SMILES string of the molecule is Cc1cccc(C)c1NC(=O)CNC(=O)C(C)Sc1ncnc2sc3c(c12)CCC3. The molecule has 0 saturated carbocycles. The second-order valence-electron chi connectivity index (χ2n) is 7.51. The molecule has 1 aliphatic rings. The van der Waals surface area contributed by atoms with Gasteiger partial charge in [-0.1, -0.05) is 30.0 Å². The van der Waals surface area contributed by atoms with Crippen LogP contribution in [0.3, 0.4) is 0 Å². The van der Waals surface area contributed by atoms with E-state index in [2.05, 4.69) is 20.6 Å². The molecule has 8 heteroatoms. The van der Waals surface area contributed by atoms with E-state index < -0.39 is 0 Å². The summed E-state index contributed by atoms with van der Waals surface area (Å²) in [7, 11) is 0. The molecule has 1 aliphatic carbocycles. The summed E-state index contributed by atoms with van der Waals surface area (Å²) >= 11 is 3.16. The Morgan fingerprint density at radius 2 is 1.97 bits per heavy atom. The number of amides is 2. The standard InChI is InChI=1S/C22H24N4O2S2/c1-12-6-4-7-13(2)19(12)26-17(27)10-23-20(28)14(3)29-21-18-15-8-5-9-16(15)30-22(18)25-11-24-21/h4,6-7,11,14H,5,8-10H2,1-3H3,(H,23,28)(H,26,27). The van der Waals surface area contributed by atoms with E-state index in [-0.39, 0.29) is 23.6 Å². The largest absolute Gasteiger partial charge is 0.346 e. The van der Waals surface area contributed by atoms with E-state index in [1.165, 1.54) is 28.6 Å². The van der Waals surface area contributed by atoms with E-state index in [0.717, 1.165) is 44.9 Å². The van der Waals surface area contributed by atoms with E-state index in [1.54, 1.807) is 17.7 Å². The first-order valence-corrected chi connectivity index (χ1v) is 11.7. The molecule has 0 spiro atoms. The monoisotopic (exact) mass is 440 g/mol. The summed E-state index contributed by atoms with van der Waals surface area (Å²) in [6, 6.07) is 5.85. The molecule has 2 heterocycles. The van der Waals surface area contributed by atoms with E-state index in [0.29, 0.717) is 0 Å². The minimum atomic E-state index is -0.368. The van der Waals surface area contributed by atoms with Crippen molar-refractivity contribution < 1.29 is 9.59 Å². The smallest absolute Gasteiger partial charge is 0.243 e. The molecule has 156 valence electrons. The van der Waals surface area contributed by atoms with Gasteiger partial charge in [-0.15, -0.1) is 11.3 Å². The quantitative estimate of drug-likeness (QED) is 0.447. The van der Waals surface area contributed by atoms with Crippen LogP contribution in [0.25, 0.3) is 10.2 Å². The highest BCUT2D eigenvalue weighted by molar-refractivity contribution is 8.00. The number of hydrogen-bond donors (Lipinski definition) is 2. The molecule has 4 rings (SSSR count). The van der Waals surface area contributed by atoms with Gasteiger partial charge >= 0.3 is 0 Å². The van der Waals surface area contributed by atoms with Gasteiger partial charge < -0.3 is 10.6 Å². The van der Waals surface area contributed by atoms with Crippen molar-refractivity contribution in [1.82, 2.24) is 15.3 Å². The lowest BCUT2D eigenvalue weighted by molar-refractivity contribution is -0.123. The summed E-state index contributed by atoms with van der Waals surface area (Å²) in [4.78, 5) is 36.2. The zero-order valence-electron chi connectivity index (χ0n) is 17.2. The molecule has 1 atom stereocenters. The fourth-order valence-corrected chi connectivity index (χ4v) is 5.98. The molecule has 0 radical (unpaired) electrons. The number of thiophene rings is 1. The van der Waals surface area contributed by atoms with Gasteiger partial charge in [-0.05, 0) is 56.7 Å². The number of anilines is 1. The third-order valence-corrected chi connectivity index (χ3v) is 7.59. The van der Waals surface area contributed by atoms with Gasteiger partial charge in [-0.25, -0.2) is 9.97 Å². The Labute approximate surface area is 183 Å². The zero-order chi connectivity index (χ0) is 21.3. The fourth-order valence-electron chi connectivity index (χ4n) is 3.72. The van der Waals surface area contributed by atoms with Gasteiger partial charge in [0.2, 0.25) is 11.8 Å². The number of aryl methyl sites for hydroxylation is 4. The number of carbonyl (C=O) groups is 2. The molecule has 1 aromatic carbocycles. The first kappa shape index (κ1) is 20.8. The van der Waals surface area contributed by atoms with Gasteiger partial charge in [0.25, 0.3) is 0 Å². The fraction of sp³-hybridized carbons (Fsp3) is 0.364. The van der Waals surface area contributed by atoms with Crippen LogP contribution < -0.4 is 10.6 Å². The normalized spacial score (nSPS) is 13.8. The lowest BCUT2D eigenvalue weighted by Gasteiger charge is -2.14. The number of nitrogens with zero attached hydrogens (tertiary/aromatic N) is 2. The Balaban J connectivity index is 1.38. The maximum Gasteiger partial charge on any atom is 0.243 e. The average molecular weight is 441 g/mol. The number of carbonyl (C=O) groups excluding carboxylic acids is 2. The van der Waals surface area contributed by atoms with Gasteiger partial charge in [0.1, 0.15) is 16.2 Å². The number of benzene rings is 1. The summed E-state index contributed by atoms with van der Waals surface area (Å²) in [5.74, 6) is -0.423. The Morgan fingerprint density at radius 3 is 2.73 bits per heavy atom. The second kappa shape index (κ2) is 8.73. The Morgan fingerprint density at radius 1 is 1.20 bits per heavy atom. The first-order chi connectivity index (χ1) is 14.4. The second-order valence-corrected chi connectivity index (χ2v) is 9.92. The summed E-state index contributed by atoms with van der Waals surface area (Å²) in [6.45, 7) is 5.67. The van der Waals surface area contributed by atoms with Crippen LogP contribution in [0.2, 0.25) is 0 Å². The van der Waals surface area contributed by atoms with Crippen molar-refractivity contribution in [3.8, 4) is 0 Å². The van der Waals surface area contributed by atoms with Crippen molar-refractivity contribution in [3.05, 3.63) is 46.1 Å². The number of aromatic nitrogens is 2. The van der Waals surface area contributed by atoms with Crippen molar-refractivity contribution >= 4 is 50.8 Å². The van der Waals surface area contributed by atoms with Crippen LogP contribution in [-0.4, -0.2) is 33.6 Å². The molecule has 30 heavy (non-hydrogen) atoms. The van der Waals surface area contributed by atoms with Crippen molar-refractivity contribution in [2.45, 2.75) is 50.3 Å². The van der Waals surface area contributed by atoms with Crippen molar-refractivity contribution in [2.75, 3.05) is 11.9 Å². The Bertz CT molecular complexity index is 1110. The molecular formula is C22H24N4O2S2. The molecule has 2 amide bonds. The minimum absolute atomic E-state index is 0.0649. The third-order valence-electron chi connectivity index (χ3n) is 5.29. The Kier molecular flexibility index (Phi) is 6.06. The van der Waals surface area contributed by atoms with Crippen LogP contribution in [0.5, 0.6) is 0 Å². The number of rotatable bonds is 6. The molecule has 2 aromatic heterocycles. The molecule has 0 fully saturated rings. The number of nitrogens with one attached hydrogen (secondary N) is 2. The molecule has 3 aromatic rings. The van der Waals surface area contributed by atoms with Crippen LogP contribution in [-0.2, 0) is 22.4 Å². The van der Waals surface area contributed by atoms with Gasteiger partial charge in [-0.3, -0.25) is 9.59 Å². The predicted octanol–water partition coefficient (Wildman–Crippen LogP) is 4.03. The highest BCUT2D eigenvalue weighted by Crippen LogP contribution is 2.40. The third kappa shape index (κ3) is 4.20. The van der Waals surface area contributed by atoms with Gasteiger partial charge in [0, 0.05) is 16.0 Å². The van der Waals surface area contributed by atoms with Gasteiger partial charge in [-0.2, -0.15) is 0 Å².